The van der Waals surface area contributed by atoms with E-state index in [0.717, 1.165) is 42.5 Å². The van der Waals surface area contributed by atoms with Crippen LogP contribution in [0, 0.1) is 13.8 Å². The van der Waals surface area contributed by atoms with Crippen LogP contribution in [0.5, 0.6) is 5.75 Å². The normalized spacial score (nSPS) is 18.8. The number of hydrogen-bond donors (Lipinski definition) is 0. The van der Waals surface area contributed by atoms with E-state index < -0.39 is 0 Å². The van der Waals surface area contributed by atoms with Gasteiger partial charge in [-0.1, -0.05) is 0 Å². The first kappa shape index (κ1) is 14.7. The number of nitrogens with zero attached hydrogens (tertiary/aromatic N) is 4. The number of likely N-dealkylation sites (tertiary alicyclic amines) is 1. The third kappa shape index (κ3) is 2.96. The number of fused-ring (bicyclic) bond motifs is 1. The molecule has 23 heavy (non-hydrogen) atoms. The standard InChI is InChI=1S/C17H20N4OS/c1-12-9-21-16(13(2)19-17(21)23-12)11-20-8-5-15(10-20)22-14-3-6-18-7-4-14/h3-4,6-7,9,15H,5,8,10-11H2,1-2H3/t15-/m0/s1. The van der Waals surface area contributed by atoms with E-state index in [4.69, 9.17) is 4.74 Å². The Labute approximate surface area is 139 Å². The van der Waals surface area contributed by atoms with Crippen LogP contribution >= 0.6 is 11.3 Å². The van der Waals surface area contributed by atoms with Gasteiger partial charge in [0, 0.05) is 43.1 Å². The second-order valence-electron chi connectivity index (χ2n) is 6.08. The monoisotopic (exact) mass is 328 g/mol. The van der Waals surface area contributed by atoms with E-state index in [-0.39, 0.29) is 6.10 Å². The highest BCUT2D eigenvalue weighted by molar-refractivity contribution is 7.17. The lowest BCUT2D eigenvalue weighted by Gasteiger charge is -2.17. The summed E-state index contributed by atoms with van der Waals surface area (Å²) in [5.41, 5.74) is 2.43. The molecule has 3 aromatic heterocycles. The fraction of sp³-hybridized carbons (Fsp3) is 0.412. The molecule has 0 N–H and O–H groups in total. The van der Waals surface area contributed by atoms with Crippen molar-refractivity contribution in [3.63, 3.8) is 0 Å². The van der Waals surface area contributed by atoms with E-state index in [1.165, 1.54) is 10.6 Å². The minimum Gasteiger partial charge on any atom is -0.489 e. The van der Waals surface area contributed by atoms with E-state index in [0.29, 0.717) is 0 Å². The van der Waals surface area contributed by atoms with Crippen molar-refractivity contribution in [3.8, 4) is 5.75 Å². The van der Waals surface area contributed by atoms with Gasteiger partial charge in [-0.05, 0) is 32.4 Å². The molecule has 0 radical (unpaired) electrons. The SMILES string of the molecule is Cc1cn2c(CN3CC[C@H](Oc4ccncc4)C3)c(C)nc2s1. The maximum atomic E-state index is 6.04. The second-order valence-corrected chi connectivity index (χ2v) is 7.30. The van der Waals surface area contributed by atoms with Gasteiger partial charge in [-0.2, -0.15) is 0 Å². The van der Waals surface area contributed by atoms with Crippen LogP contribution in [-0.4, -0.2) is 38.5 Å². The van der Waals surface area contributed by atoms with Crippen LogP contribution in [0.2, 0.25) is 0 Å². The predicted octanol–water partition coefficient (Wildman–Crippen LogP) is 3.06. The fourth-order valence-electron chi connectivity index (χ4n) is 3.16. The quantitative estimate of drug-likeness (QED) is 0.738. The lowest BCUT2D eigenvalue weighted by atomic mass is 10.3. The molecule has 0 spiro atoms. The Morgan fingerprint density at radius 3 is 2.96 bits per heavy atom. The largest absolute Gasteiger partial charge is 0.489 e. The third-order valence-electron chi connectivity index (χ3n) is 4.30. The Balaban J connectivity index is 1.44. The van der Waals surface area contributed by atoms with Crippen molar-refractivity contribution in [2.45, 2.75) is 32.9 Å². The van der Waals surface area contributed by atoms with Gasteiger partial charge >= 0.3 is 0 Å². The Hall–Kier alpha value is -1.92. The van der Waals surface area contributed by atoms with E-state index in [1.54, 1.807) is 23.7 Å². The number of pyridine rings is 1. The Bertz CT molecular complexity index is 811. The van der Waals surface area contributed by atoms with Gasteiger partial charge < -0.3 is 4.74 Å². The molecule has 0 aliphatic carbocycles. The fourth-order valence-corrected chi connectivity index (χ4v) is 4.05. The molecule has 1 aliphatic rings. The van der Waals surface area contributed by atoms with Crippen LogP contribution in [0.1, 0.15) is 22.7 Å². The van der Waals surface area contributed by atoms with Crippen LogP contribution in [0.25, 0.3) is 4.96 Å². The van der Waals surface area contributed by atoms with Crippen molar-refractivity contribution in [3.05, 3.63) is 47.0 Å². The molecule has 4 rings (SSSR count). The number of ether oxygens (including phenoxy) is 1. The summed E-state index contributed by atoms with van der Waals surface area (Å²) in [6.45, 7) is 7.18. The number of rotatable bonds is 4. The number of thiazole rings is 1. The molecule has 120 valence electrons. The first-order valence-electron chi connectivity index (χ1n) is 7.92. The summed E-state index contributed by atoms with van der Waals surface area (Å²) in [6.07, 6.45) is 7.05. The highest BCUT2D eigenvalue weighted by Gasteiger charge is 2.25. The van der Waals surface area contributed by atoms with Gasteiger partial charge in [-0.25, -0.2) is 4.98 Å². The number of aromatic nitrogens is 3. The topological polar surface area (TPSA) is 42.7 Å². The first-order valence-corrected chi connectivity index (χ1v) is 8.74. The molecule has 1 saturated heterocycles. The predicted molar refractivity (Wildman–Crippen MR) is 91.1 cm³/mol. The highest BCUT2D eigenvalue weighted by Crippen LogP contribution is 2.24. The molecular formula is C17H20N4OS. The summed E-state index contributed by atoms with van der Waals surface area (Å²) in [5.74, 6) is 0.906. The smallest absolute Gasteiger partial charge is 0.194 e. The average Bonchev–Trinajstić information content (AvgIpc) is 3.18. The summed E-state index contributed by atoms with van der Waals surface area (Å²) < 4.78 is 8.29. The molecular weight excluding hydrogens is 308 g/mol. The number of aryl methyl sites for hydroxylation is 2. The minimum atomic E-state index is 0.255. The van der Waals surface area contributed by atoms with E-state index in [2.05, 4.69) is 39.3 Å². The lowest BCUT2D eigenvalue weighted by Crippen LogP contribution is -2.25. The Morgan fingerprint density at radius 1 is 1.30 bits per heavy atom. The van der Waals surface area contributed by atoms with Gasteiger partial charge in [0.1, 0.15) is 11.9 Å². The number of imidazole rings is 1. The summed E-state index contributed by atoms with van der Waals surface area (Å²) in [6, 6.07) is 3.84. The van der Waals surface area contributed by atoms with E-state index in [1.807, 2.05) is 12.1 Å². The maximum absolute atomic E-state index is 6.04. The second kappa shape index (κ2) is 5.94. The molecule has 6 heteroatoms. The van der Waals surface area contributed by atoms with Gasteiger partial charge in [0.25, 0.3) is 0 Å². The zero-order valence-corrected chi connectivity index (χ0v) is 14.2. The molecule has 0 unspecified atom stereocenters. The maximum Gasteiger partial charge on any atom is 0.194 e. The molecule has 1 atom stereocenters. The van der Waals surface area contributed by atoms with Gasteiger partial charge in [0.2, 0.25) is 0 Å². The molecule has 1 aliphatic heterocycles. The van der Waals surface area contributed by atoms with Crippen LogP contribution in [0.15, 0.2) is 30.7 Å². The van der Waals surface area contributed by atoms with Crippen LogP contribution in [-0.2, 0) is 6.54 Å². The molecule has 0 aromatic carbocycles. The van der Waals surface area contributed by atoms with Crippen LogP contribution < -0.4 is 4.74 Å². The Kier molecular flexibility index (Phi) is 3.79. The lowest BCUT2D eigenvalue weighted by molar-refractivity contribution is 0.197. The molecule has 1 fully saturated rings. The van der Waals surface area contributed by atoms with Crippen molar-refractivity contribution >= 4 is 16.3 Å². The molecule has 0 bridgehead atoms. The van der Waals surface area contributed by atoms with Gasteiger partial charge in [0.05, 0.1) is 11.4 Å². The minimum absolute atomic E-state index is 0.255. The van der Waals surface area contributed by atoms with Crippen LogP contribution in [0.4, 0.5) is 0 Å². The summed E-state index contributed by atoms with van der Waals surface area (Å²) >= 11 is 1.75. The highest BCUT2D eigenvalue weighted by atomic mass is 32.1. The van der Waals surface area contributed by atoms with Crippen molar-refractivity contribution < 1.29 is 4.74 Å². The zero-order valence-electron chi connectivity index (χ0n) is 13.4. The molecule has 3 aromatic rings. The summed E-state index contributed by atoms with van der Waals surface area (Å²) in [4.78, 5) is 13.6. The average molecular weight is 328 g/mol. The van der Waals surface area contributed by atoms with Crippen molar-refractivity contribution in [2.24, 2.45) is 0 Å². The molecule has 0 saturated carbocycles. The number of hydrogen-bond acceptors (Lipinski definition) is 5. The van der Waals surface area contributed by atoms with E-state index in [9.17, 15) is 0 Å². The zero-order chi connectivity index (χ0) is 15.8. The van der Waals surface area contributed by atoms with Crippen molar-refractivity contribution in [1.29, 1.82) is 0 Å². The van der Waals surface area contributed by atoms with Crippen molar-refractivity contribution in [1.82, 2.24) is 19.3 Å². The van der Waals surface area contributed by atoms with E-state index >= 15 is 0 Å². The Morgan fingerprint density at radius 2 is 2.13 bits per heavy atom. The molecule has 4 heterocycles. The first-order chi connectivity index (χ1) is 11.2. The van der Waals surface area contributed by atoms with Crippen molar-refractivity contribution in [2.75, 3.05) is 13.1 Å². The summed E-state index contributed by atoms with van der Waals surface area (Å²) in [7, 11) is 0. The van der Waals surface area contributed by atoms with Crippen LogP contribution in [0.3, 0.4) is 0 Å². The third-order valence-corrected chi connectivity index (χ3v) is 5.19. The summed E-state index contributed by atoms with van der Waals surface area (Å²) in [5, 5.41) is 0. The van der Waals surface area contributed by atoms with Gasteiger partial charge in [-0.15, -0.1) is 11.3 Å². The van der Waals surface area contributed by atoms with Gasteiger partial charge in [-0.3, -0.25) is 14.3 Å². The molecule has 5 nitrogen and oxygen atoms in total. The molecule has 0 amide bonds. The van der Waals surface area contributed by atoms with Gasteiger partial charge in [0.15, 0.2) is 4.96 Å².